The topological polar surface area (TPSA) is 41.8 Å². The van der Waals surface area contributed by atoms with E-state index in [-0.39, 0.29) is 11.4 Å². The van der Waals surface area contributed by atoms with Crippen molar-refractivity contribution in [2.45, 2.75) is 20.8 Å². The maximum absolute atomic E-state index is 10.5. The predicted molar refractivity (Wildman–Crippen MR) is 40.8 cm³/mol. The van der Waals surface area contributed by atoms with Crippen molar-refractivity contribution in [3.05, 3.63) is 0 Å². The number of hydrogen-bond acceptors (Lipinski definition) is 1. The van der Waals surface area contributed by atoms with Crippen LogP contribution in [0.3, 0.4) is 0 Å². The summed E-state index contributed by atoms with van der Waals surface area (Å²) in [5.41, 5.74) is 0.702. The van der Waals surface area contributed by atoms with E-state index in [1.807, 2.05) is 20.8 Å². The van der Waals surface area contributed by atoms with E-state index in [4.69, 9.17) is 0 Å². The Balaban J connectivity index is 2.88. The van der Waals surface area contributed by atoms with Crippen molar-refractivity contribution in [2.24, 2.45) is 15.4 Å². The van der Waals surface area contributed by atoms with E-state index < -0.39 is 0 Å². The van der Waals surface area contributed by atoms with Gasteiger partial charge < -0.3 is 0 Å². The third-order valence-corrected chi connectivity index (χ3v) is 1.28. The summed E-state index contributed by atoms with van der Waals surface area (Å²) in [7, 11) is 0. The summed E-state index contributed by atoms with van der Waals surface area (Å²) >= 11 is 0. The van der Waals surface area contributed by atoms with E-state index in [2.05, 4.69) is 9.98 Å². The lowest BCUT2D eigenvalue weighted by Crippen LogP contribution is -2.19. The molecule has 1 heterocycles. The first-order valence-electron chi connectivity index (χ1n) is 3.17. The zero-order valence-electron chi connectivity index (χ0n) is 6.38. The standard InChI is InChI=1S/C7H10N2O/c1-7(2,3)5-4-8-6(10)9-5/h4H,1-3H3. The molecule has 0 atom stereocenters. The van der Waals surface area contributed by atoms with Crippen molar-refractivity contribution in [3.63, 3.8) is 0 Å². The summed E-state index contributed by atoms with van der Waals surface area (Å²) in [6.07, 6.45) is 1.53. The lowest BCUT2D eigenvalue weighted by molar-refractivity contribution is 0.257. The number of carbonyl (C=O) groups is 1. The Morgan fingerprint density at radius 1 is 1.40 bits per heavy atom. The average Bonchev–Trinajstić information content (AvgIpc) is 2.11. The van der Waals surface area contributed by atoms with Crippen molar-refractivity contribution >= 4 is 18.0 Å². The average molecular weight is 138 g/mol. The molecule has 0 aromatic heterocycles. The highest BCUT2D eigenvalue weighted by Gasteiger charge is 2.21. The van der Waals surface area contributed by atoms with Gasteiger partial charge in [-0.05, 0) is 0 Å². The molecule has 0 fully saturated rings. The smallest absolute Gasteiger partial charge is 0.244 e. The summed E-state index contributed by atoms with van der Waals surface area (Å²) in [5.74, 6) is 0. The van der Waals surface area contributed by atoms with Crippen molar-refractivity contribution in [3.8, 4) is 0 Å². The number of aliphatic imine (C=N–C) groups is 2. The Hall–Kier alpha value is -0.990. The van der Waals surface area contributed by atoms with E-state index in [0.29, 0.717) is 0 Å². The summed E-state index contributed by atoms with van der Waals surface area (Å²) in [6.45, 7) is 5.99. The molecule has 3 nitrogen and oxygen atoms in total. The minimum Gasteiger partial charge on any atom is -0.244 e. The maximum atomic E-state index is 10.5. The van der Waals surface area contributed by atoms with Crippen LogP contribution in [0.1, 0.15) is 20.8 Å². The second-order valence-electron chi connectivity index (χ2n) is 3.29. The number of amides is 2. The predicted octanol–water partition coefficient (Wildman–Crippen LogP) is 1.68. The van der Waals surface area contributed by atoms with Crippen LogP contribution < -0.4 is 0 Å². The summed E-state index contributed by atoms with van der Waals surface area (Å²) in [4.78, 5) is 17.7. The van der Waals surface area contributed by atoms with Crippen LogP contribution in [-0.2, 0) is 0 Å². The number of rotatable bonds is 0. The molecule has 1 rings (SSSR count). The van der Waals surface area contributed by atoms with Gasteiger partial charge in [0, 0.05) is 5.41 Å². The highest BCUT2D eigenvalue weighted by molar-refractivity contribution is 6.39. The fourth-order valence-corrected chi connectivity index (χ4v) is 0.638. The SMILES string of the molecule is CC(C)(C)C1=NC(=O)N=C1. The molecule has 1 aliphatic rings. The molecule has 0 radical (unpaired) electrons. The zero-order chi connectivity index (χ0) is 7.78. The fraction of sp³-hybridized carbons (Fsp3) is 0.571. The monoisotopic (exact) mass is 138 g/mol. The van der Waals surface area contributed by atoms with Gasteiger partial charge in [0.2, 0.25) is 0 Å². The molecule has 0 bridgehead atoms. The van der Waals surface area contributed by atoms with Crippen LogP contribution in [-0.4, -0.2) is 18.0 Å². The van der Waals surface area contributed by atoms with Gasteiger partial charge in [0.25, 0.3) is 0 Å². The molecule has 0 saturated carbocycles. The normalized spacial score (nSPS) is 17.9. The van der Waals surface area contributed by atoms with Gasteiger partial charge in [-0.25, -0.2) is 4.79 Å². The minimum absolute atomic E-state index is 0.0599. The highest BCUT2D eigenvalue weighted by Crippen LogP contribution is 2.17. The number of hydrogen-bond donors (Lipinski definition) is 0. The first-order valence-corrected chi connectivity index (χ1v) is 3.17. The van der Waals surface area contributed by atoms with Gasteiger partial charge in [0.05, 0.1) is 11.9 Å². The van der Waals surface area contributed by atoms with Crippen LogP contribution in [0.25, 0.3) is 0 Å². The van der Waals surface area contributed by atoms with E-state index >= 15 is 0 Å². The van der Waals surface area contributed by atoms with Crippen LogP contribution in [0.5, 0.6) is 0 Å². The van der Waals surface area contributed by atoms with E-state index in [1.165, 1.54) is 6.21 Å². The van der Waals surface area contributed by atoms with Gasteiger partial charge >= 0.3 is 6.03 Å². The molecule has 10 heavy (non-hydrogen) atoms. The lowest BCUT2D eigenvalue weighted by atomic mass is 9.91. The number of carbonyl (C=O) groups excluding carboxylic acids is 1. The highest BCUT2D eigenvalue weighted by atomic mass is 16.2. The van der Waals surface area contributed by atoms with Gasteiger partial charge in [0.15, 0.2) is 0 Å². The van der Waals surface area contributed by atoms with Gasteiger partial charge in [-0.2, -0.15) is 9.98 Å². The van der Waals surface area contributed by atoms with Gasteiger partial charge in [-0.1, -0.05) is 20.8 Å². The Bertz CT molecular complexity index is 220. The van der Waals surface area contributed by atoms with Crippen LogP contribution in [0.4, 0.5) is 4.79 Å². The van der Waals surface area contributed by atoms with E-state index in [0.717, 1.165) is 5.71 Å². The van der Waals surface area contributed by atoms with Crippen LogP contribution in [0.2, 0.25) is 0 Å². The molecular weight excluding hydrogens is 128 g/mol. The third kappa shape index (κ3) is 1.29. The molecule has 0 unspecified atom stereocenters. The van der Waals surface area contributed by atoms with Gasteiger partial charge in [-0.15, -0.1) is 0 Å². The molecule has 0 aliphatic carbocycles. The third-order valence-electron chi connectivity index (χ3n) is 1.28. The van der Waals surface area contributed by atoms with Gasteiger partial charge in [-0.3, -0.25) is 0 Å². The zero-order valence-corrected chi connectivity index (χ0v) is 6.38. The van der Waals surface area contributed by atoms with Crippen molar-refractivity contribution < 1.29 is 4.79 Å². The summed E-state index contributed by atoms with van der Waals surface area (Å²) < 4.78 is 0. The quantitative estimate of drug-likeness (QED) is 0.502. The van der Waals surface area contributed by atoms with Crippen molar-refractivity contribution in [1.29, 1.82) is 0 Å². The molecule has 1 aliphatic heterocycles. The first kappa shape index (κ1) is 7.12. The largest absolute Gasteiger partial charge is 0.367 e. The molecule has 2 amide bonds. The first-order chi connectivity index (χ1) is 4.50. The lowest BCUT2D eigenvalue weighted by Gasteiger charge is -2.14. The fourth-order valence-electron chi connectivity index (χ4n) is 0.638. The Morgan fingerprint density at radius 3 is 2.20 bits per heavy atom. The second-order valence-corrected chi connectivity index (χ2v) is 3.29. The maximum Gasteiger partial charge on any atom is 0.367 e. The van der Waals surface area contributed by atoms with E-state index in [1.54, 1.807) is 0 Å². The summed E-state index contributed by atoms with van der Waals surface area (Å²) in [5, 5.41) is 0. The van der Waals surface area contributed by atoms with E-state index in [9.17, 15) is 4.79 Å². The van der Waals surface area contributed by atoms with Gasteiger partial charge in [0.1, 0.15) is 0 Å². The molecule has 0 saturated heterocycles. The molecule has 0 N–H and O–H groups in total. The van der Waals surface area contributed by atoms with Crippen LogP contribution >= 0.6 is 0 Å². The molecule has 54 valence electrons. The Morgan fingerprint density at radius 2 is 2.00 bits per heavy atom. The molecule has 0 aromatic rings. The second kappa shape index (κ2) is 2.01. The molecule has 3 heteroatoms. The molecule has 0 spiro atoms. The van der Waals surface area contributed by atoms with Crippen LogP contribution in [0.15, 0.2) is 9.98 Å². The van der Waals surface area contributed by atoms with Crippen LogP contribution in [0, 0.1) is 5.41 Å². The van der Waals surface area contributed by atoms with Crippen molar-refractivity contribution in [1.82, 2.24) is 0 Å². The Labute approximate surface area is 59.9 Å². The number of nitrogens with zero attached hydrogens (tertiary/aromatic N) is 2. The number of urea groups is 1. The minimum atomic E-state index is -0.384. The summed E-state index contributed by atoms with van der Waals surface area (Å²) in [6, 6.07) is -0.384. The molecule has 0 aromatic carbocycles. The van der Waals surface area contributed by atoms with Crippen molar-refractivity contribution in [2.75, 3.05) is 0 Å². The molecular formula is C7H10N2O. The Kier molecular flexibility index (Phi) is 1.43.